The van der Waals surface area contributed by atoms with Crippen LogP contribution in [0.2, 0.25) is 0 Å². The molecule has 0 bridgehead atoms. The molecular formula is C11H18N6O3. The van der Waals surface area contributed by atoms with Crippen molar-refractivity contribution in [3.05, 3.63) is 22.2 Å². The quantitative estimate of drug-likeness (QED) is 0.387. The van der Waals surface area contributed by atoms with Crippen LogP contribution in [-0.4, -0.2) is 35.4 Å². The van der Waals surface area contributed by atoms with E-state index in [1.54, 1.807) is 7.05 Å². The third kappa shape index (κ3) is 4.05. The number of nitrogens with one attached hydrogen (secondary N) is 2. The van der Waals surface area contributed by atoms with Crippen molar-refractivity contribution in [1.82, 2.24) is 10.3 Å². The molecule has 0 aliphatic rings. The lowest BCUT2D eigenvalue weighted by molar-refractivity contribution is -0.384. The Kier molecular flexibility index (Phi) is 5.21. The lowest BCUT2D eigenvalue weighted by Crippen LogP contribution is -2.39. The number of nitrogens with two attached hydrogens (primary N) is 1. The topological polar surface area (TPSA) is 126 Å². The third-order valence-corrected chi connectivity index (χ3v) is 2.39. The second-order valence-corrected chi connectivity index (χ2v) is 4.52. The number of hydrogen-bond acceptors (Lipinski definition) is 7. The summed E-state index contributed by atoms with van der Waals surface area (Å²) in [4.78, 5) is 27.5. The van der Waals surface area contributed by atoms with Crippen molar-refractivity contribution in [2.45, 2.75) is 19.9 Å². The predicted octanol–water partition coefficient (Wildman–Crippen LogP) is 0.236. The molecule has 0 aromatic carbocycles. The van der Waals surface area contributed by atoms with Gasteiger partial charge in [0.05, 0.1) is 11.5 Å². The SMILES string of the molecule is CC(C)NC(=O)CN(C)c1nc(NN)ccc1[N+](=O)[O-]. The Balaban J connectivity index is 2.97. The van der Waals surface area contributed by atoms with Gasteiger partial charge < -0.3 is 15.6 Å². The number of nitrogen functional groups attached to an aromatic ring is 1. The number of rotatable bonds is 6. The largest absolute Gasteiger partial charge is 0.352 e. The zero-order valence-electron chi connectivity index (χ0n) is 11.6. The summed E-state index contributed by atoms with van der Waals surface area (Å²) in [7, 11) is 1.55. The minimum atomic E-state index is -0.556. The number of hydrogen-bond donors (Lipinski definition) is 3. The molecule has 1 heterocycles. The van der Waals surface area contributed by atoms with Crippen molar-refractivity contribution in [3.63, 3.8) is 0 Å². The average Bonchev–Trinajstić information content (AvgIpc) is 2.36. The standard InChI is InChI=1S/C11H18N6O3/c1-7(2)13-10(18)6-16(3)11-8(17(19)20)4-5-9(14-11)15-12/h4-5,7H,6,12H2,1-3H3,(H,13,18)(H,14,15). The highest BCUT2D eigenvalue weighted by Crippen LogP contribution is 2.26. The predicted molar refractivity (Wildman–Crippen MR) is 75.3 cm³/mol. The Labute approximate surface area is 116 Å². The van der Waals surface area contributed by atoms with E-state index < -0.39 is 4.92 Å². The molecule has 0 unspecified atom stereocenters. The summed E-state index contributed by atoms with van der Waals surface area (Å²) in [5, 5.41) is 13.7. The number of amides is 1. The highest BCUT2D eigenvalue weighted by molar-refractivity contribution is 5.82. The molecule has 0 atom stereocenters. The van der Waals surface area contributed by atoms with Gasteiger partial charge in [0.25, 0.3) is 0 Å². The van der Waals surface area contributed by atoms with Gasteiger partial charge in [-0.2, -0.15) is 0 Å². The summed E-state index contributed by atoms with van der Waals surface area (Å²) < 4.78 is 0. The molecule has 0 saturated carbocycles. The maximum absolute atomic E-state index is 11.7. The normalized spacial score (nSPS) is 10.2. The first-order valence-electron chi connectivity index (χ1n) is 5.97. The van der Waals surface area contributed by atoms with E-state index in [1.807, 2.05) is 13.8 Å². The van der Waals surface area contributed by atoms with Gasteiger partial charge in [0.15, 0.2) is 0 Å². The van der Waals surface area contributed by atoms with E-state index >= 15 is 0 Å². The van der Waals surface area contributed by atoms with E-state index in [4.69, 9.17) is 5.84 Å². The number of likely N-dealkylation sites (N-methyl/N-ethyl adjacent to an activating group) is 1. The molecule has 0 spiro atoms. The van der Waals surface area contributed by atoms with E-state index in [0.717, 1.165) is 0 Å². The Hall–Kier alpha value is -2.42. The lowest BCUT2D eigenvalue weighted by Gasteiger charge is -2.19. The molecule has 0 aliphatic carbocycles. The molecule has 9 nitrogen and oxygen atoms in total. The van der Waals surface area contributed by atoms with E-state index in [1.165, 1.54) is 17.0 Å². The smallest absolute Gasteiger partial charge is 0.311 e. The number of hydrazine groups is 1. The van der Waals surface area contributed by atoms with Crippen LogP contribution >= 0.6 is 0 Å². The fourth-order valence-electron chi connectivity index (χ4n) is 1.60. The molecule has 0 fully saturated rings. The van der Waals surface area contributed by atoms with Crippen LogP contribution in [-0.2, 0) is 4.79 Å². The van der Waals surface area contributed by atoms with Crippen molar-refractivity contribution < 1.29 is 9.72 Å². The first-order valence-corrected chi connectivity index (χ1v) is 5.97. The summed E-state index contributed by atoms with van der Waals surface area (Å²) in [6.45, 7) is 3.62. The molecule has 1 amide bonds. The van der Waals surface area contributed by atoms with Gasteiger partial charge in [-0.1, -0.05) is 0 Å². The number of nitrogens with zero attached hydrogens (tertiary/aromatic N) is 3. The fourth-order valence-corrected chi connectivity index (χ4v) is 1.60. The van der Waals surface area contributed by atoms with Crippen LogP contribution in [0, 0.1) is 10.1 Å². The van der Waals surface area contributed by atoms with Crippen molar-refractivity contribution in [3.8, 4) is 0 Å². The second kappa shape index (κ2) is 6.66. The zero-order valence-corrected chi connectivity index (χ0v) is 11.6. The lowest BCUT2D eigenvalue weighted by atomic mass is 10.3. The number of pyridine rings is 1. The van der Waals surface area contributed by atoms with Gasteiger partial charge in [-0.15, -0.1) is 0 Å². The van der Waals surface area contributed by atoms with Crippen molar-refractivity contribution in [2.75, 3.05) is 23.9 Å². The summed E-state index contributed by atoms with van der Waals surface area (Å²) in [6, 6.07) is 2.67. The summed E-state index contributed by atoms with van der Waals surface area (Å²) >= 11 is 0. The van der Waals surface area contributed by atoms with Crippen LogP contribution in [0.25, 0.3) is 0 Å². The number of anilines is 2. The first-order chi connectivity index (χ1) is 9.35. The Morgan fingerprint density at radius 2 is 2.20 bits per heavy atom. The highest BCUT2D eigenvalue weighted by atomic mass is 16.6. The average molecular weight is 282 g/mol. The minimum Gasteiger partial charge on any atom is -0.352 e. The van der Waals surface area contributed by atoms with Gasteiger partial charge in [0.1, 0.15) is 5.82 Å². The molecule has 9 heteroatoms. The monoisotopic (exact) mass is 282 g/mol. The van der Waals surface area contributed by atoms with Gasteiger partial charge >= 0.3 is 5.69 Å². The maximum Gasteiger partial charge on any atom is 0.311 e. The minimum absolute atomic E-state index is 0.00381. The zero-order chi connectivity index (χ0) is 15.3. The maximum atomic E-state index is 11.7. The molecule has 110 valence electrons. The van der Waals surface area contributed by atoms with Gasteiger partial charge in [-0.3, -0.25) is 14.9 Å². The summed E-state index contributed by atoms with van der Waals surface area (Å²) in [5.41, 5.74) is 2.12. The van der Waals surface area contributed by atoms with Crippen LogP contribution in [0.1, 0.15) is 13.8 Å². The van der Waals surface area contributed by atoms with Crippen molar-refractivity contribution >= 4 is 23.2 Å². The van der Waals surface area contributed by atoms with Gasteiger partial charge in [-0.25, -0.2) is 10.8 Å². The number of carbonyl (C=O) groups excluding carboxylic acids is 1. The Morgan fingerprint density at radius 3 is 2.70 bits per heavy atom. The fraction of sp³-hybridized carbons (Fsp3) is 0.455. The first kappa shape index (κ1) is 15.6. The molecule has 1 aromatic rings. The molecule has 0 radical (unpaired) electrons. The van der Waals surface area contributed by atoms with Gasteiger partial charge in [0.2, 0.25) is 11.7 Å². The summed E-state index contributed by atoms with van der Waals surface area (Å²) in [5.74, 6) is 5.34. The van der Waals surface area contributed by atoms with Crippen molar-refractivity contribution in [1.29, 1.82) is 0 Å². The highest BCUT2D eigenvalue weighted by Gasteiger charge is 2.21. The Bertz CT molecular complexity index is 505. The van der Waals surface area contributed by atoms with Crippen LogP contribution in [0.5, 0.6) is 0 Å². The van der Waals surface area contributed by atoms with Crippen LogP contribution in [0.4, 0.5) is 17.3 Å². The molecule has 1 aromatic heterocycles. The number of carbonyl (C=O) groups is 1. The van der Waals surface area contributed by atoms with Crippen LogP contribution in [0.15, 0.2) is 12.1 Å². The Morgan fingerprint density at radius 1 is 1.55 bits per heavy atom. The van der Waals surface area contributed by atoms with E-state index in [-0.39, 0.29) is 35.8 Å². The summed E-state index contributed by atoms with van der Waals surface area (Å²) in [6.07, 6.45) is 0. The van der Waals surface area contributed by atoms with Gasteiger partial charge in [-0.05, 0) is 19.9 Å². The third-order valence-electron chi connectivity index (χ3n) is 2.39. The molecule has 4 N–H and O–H groups in total. The van der Waals surface area contributed by atoms with Crippen LogP contribution in [0.3, 0.4) is 0 Å². The number of nitro groups is 1. The van der Waals surface area contributed by atoms with E-state index in [9.17, 15) is 14.9 Å². The molecular weight excluding hydrogens is 264 g/mol. The van der Waals surface area contributed by atoms with E-state index in [2.05, 4.69) is 15.7 Å². The molecule has 0 saturated heterocycles. The van der Waals surface area contributed by atoms with Crippen molar-refractivity contribution in [2.24, 2.45) is 5.84 Å². The van der Waals surface area contributed by atoms with Gasteiger partial charge in [0, 0.05) is 19.2 Å². The van der Waals surface area contributed by atoms with Crippen LogP contribution < -0.4 is 21.5 Å². The van der Waals surface area contributed by atoms with E-state index in [0.29, 0.717) is 0 Å². The molecule has 1 rings (SSSR count). The number of aromatic nitrogens is 1. The molecule has 0 aliphatic heterocycles. The molecule has 20 heavy (non-hydrogen) atoms. The second-order valence-electron chi connectivity index (χ2n) is 4.52.